The summed E-state index contributed by atoms with van der Waals surface area (Å²) in [6.45, 7) is 2.91. The van der Waals surface area contributed by atoms with Crippen molar-refractivity contribution < 1.29 is 10.2 Å². The highest BCUT2D eigenvalue weighted by Crippen LogP contribution is 2.27. The molecule has 2 N–H and O–H groups in total. The smallest absolute Gasteiger partial charge is 0.123 e. The maximum absolute atomic E-state index is 10.1. The van der Waals surface area contributed by atoms with E-state index in [0.29, 0.717) is 12.2 Å². The van der Waals surface area contributed by atoms with Gasteiger partial charge in [0, 0.05) is 18.7 Å². The Bertz CT molecular complexity index is 348. The summed E-state index contributed by atoms with van der Waals surface area (Å²) in [7, 11) is 3.97. The highest BCUT2D eigenvalue weighted by molar-refractivity contribution is 5.45. The Morgan fingerprint density at radius 2 is 1.94 bits per heavy atom. The average molecular weight is 223 g/mol. The van der Waals surface area contributed by atoms with E-state index in [2.05, 4.69) is 0 Å². The molecule has 0 bridgehead atoms. The number of hydrogen-bond donors (Lipinski definition) is 2. The zero-order valence-electron chi connectivity index (χ0n) is 10.3. The lowest BCUT2D eigenvalue weighted by Crippen LogP contribution is -2.12. The lowest BCUT2D eigenvalue weighted by molar-refractivity contribution is 0.288. The molecule has 0 aliphatic rings. The van der Waals surface area contributed by atoms with Gasteiger partial charge >= 0.3 is 0 Å². The monoisotopic (exact) mass is 223 g/mol. The van der Waals surface area contributed by atoms with Gasteiger partial charge in [-0.1, -0.05) is 12.1 Å². The fraction of sp³-hybridized carbons (Fsp3) is 0.538. The Balaban J connectivity index is 2.96. The van der Waals surface area contributed by atoms with Gasteiger partial charge in [-0.15, -0.1) is 0 Å². The molecule has 0 atom stereocenters. The van der Waals surface area contributed by atoms with Crippen LogP contribution >= 0.6 is 0 Å². The normalized spacial score (nSPS) is 11.1. The molecule has 0 unspecified atom stereocenters. The minimum Gasteiger partial charge on any atom is -0.507 e. The number of nitrogens with zero attached hydrogens (tertiary/aromatic N) is 1. The third-order valence-electron chi connectivity index (χ3n) is 2.68. The summed E-state index contributed by atoms with van der Waals surface area (Å²) in [5.74, 6) is 0.391. The van der Waals surface area contributed by atoms with Crippen LogP contribution < -0.4 is 0 Å². The molecule has 1 rings (SSSR count). The molecule has 0 saturated carbocycles. The molecule has 0 aromatic heterocycles. The van der Waals surface area contributed by atoms with Crippen molar-refractivity contribution in [2.24, 2.45) is 0 Å². The van der Waals surface area contributed by atoms with Crippen molar-refractivity contribution in [1.29, 1.82) is 0 Å². The lowest BCUT2D eigenvalue weighted by atomic mass is 10.00. The van der Waals surface area contributed by atoms with Crippen LogP contribution in [-0.4, -0.2) is 35.8 Å². The average Bonchev–Trinajstić information content (AvgIpc) is 2.23. The van der Waals surface area contributed by atoms with Crippen LogP contribution in [0.1, 0.15) is 23.1 Å². The number of phenolic OH excluding ortho intramolecular Hbond substituents is 1. The van der Waals surface area contributed by atoms with E-state index in [9.17, 15) is 5.11 Å². The van der Waals surface area contributed by atoms with Crippen LogP contribution in [0.15, 0.2) is 12.1 Å². The molecule has 3 nitrogen and oxygen atoms in total. The van der Waals surface area contributed by atoms with Gasteiger partial charge in [0.25, 0.3) is 0 Å². The molecular formula is C13H21NO2. The lowest BCUT2D eigenvalue weighted by Gasteiger charge is -2.16. The molecule has 1 aromatic rings. The molecule has 3 heteroatoms. The quantitative estimate of drug-likeness (QED) is 0.798. The zero-order chi connectivity index (χ0) is 12.1. The first kappa shape index (κ1) is 13.0. The molecule has 90 valence electrons. The van der Waals surface area contributed by atoms with Crippen molar-refractivity contribution in [3.05, 3.63) is 28.8 Å². The number of hydrogen-bond acceptors (Lipinski definition) is 3. The first-order valence-electron chi connectivity index (χ1n) is 5.62. The van der Waals surface area contributed by atoms with Gasteiger partial charge in [-0.2, -0.15) is 0 Å². The van der Waals surface area contributed by atoms with Gasteiger partial charge in [0.2, 0.25) is 0 Å². The van der Waals surface area contributed by atoms with Crippen molar-refractivity contribution in [1.82, 2.24) is 4.90 Å². The van der Waals surface area contributed by atoms with Crippen molar-refractivity contribution in [2.45, 2.75) is 26.3 Å². The van der Waals surface area contributed by atoms with Crippen molar-refractivity contribution in [2.75, 3.05) is 20.7 Å². The molecule has 0 saturated heterocycles. The number of benzene rings is 1. The summed E-state index contributed by atoms with van der Waals surface area (Å²) in [6.07, 6.45) is 1.42. The van der Waals surface area contributed by atoms with Crippen LogP contribution in [0.5, 0.6) is 5.75 Å². The van der Waals surface area contributed by atoms with Gasteiger partial charge in [-0.25, -0.2) is 0 Å². The second-order valence-corrected chi connectivity index (χ2v) is 4.43. The van der Waals surface area contributed by atoms with Crippen molar-refractivity contribution >= 4 is 0 Å². The second kappa shape index (κ2) is 5.87. The Kier molecular flexibility index (Phi) is 4.77. The highest BCUT2D eigenvalue weighted by atomic mass is 16.3. The molecule has 0 fully saturated rings. The minimum atomic E-state index is 0.163. The first-order valence-corrected chi connectivity index (χ1v) is 5.62. The zero-order valence-corrected chi connectivity index (χ0v) is 10.3. The Morgan fingerprint density at radius 3 is 2.50 bits per heavy atom. The summed E-state index contributed by atoms with van der Waals surface area (Å²) >= 11 is 0. The van der Waals surface area contributed by atoms with Crippen LogP contribution in [0.2, 0.25) is 0 Å². The number of rotatable bonds is 5. The largest absolute Gasteiger partial charge is 0.507 e. The summed E-state index contributed by atoms with van der Waals surface area (Å²) in [5.41, 5.74) is 3.02. The molecular weight excluding hydrogens is 202 g/mol. The van der Waals surface area contributed by atoms with E-state index in [1.165, 1.54) is 0 Å². The molecule has 0 aliphatic carbocycles. The van der Waals surface area contributed by atoms with E-state index in [-0.39, 0.29) is 6.61 Å². The fourth-order valence-electron chi connectivity index (χ4n) is 1.77. The number of aryl methyl sites for hydroxylation is 2. The number of aliphatic hydroxyl groups is 1. The van der Waals surface area contributed by atoms with E-state index in [1.54, 1.807) is 0 Å². The van der Waals surface area contributed by atoms with E-state index in [0.717, 1.165) is 29.7 Å². The van der Waals surface area contributed by atoms with Crippen LogP contribution in [0.3, 0.4) is 0 Å². The van der Waals surface area contributed by atoms with E-state index < -0.39 is 0 Å². The van der Waals surface area contributed by atoms with Gasteiger partial charge in [0.1, 0.15) is 5.75 Å². The molecule has 0 heterocycles. The maximum atomic E-state index is 10.1. The Hall–Kier alpha value is -1.06. The van der Waals surface area contributed by atoms with Gasteiger partial charge in [-0.05, 0) is 45.0 Å². The Labute approximate surface area is 97.3 Å². The van der Waals surface area contributed by atoms with Crippen LogP contribution in [0.4, 0.5) is 0 Å². The predicted octanol–water partition coefficient (Wildman–Crippen LogP) is 1.69. The first-order chi connectivity index (χ1) is 7.56. The van der Waals surface area contributed by atoms with Gasteiger partial charge in [0.05, 0.1) is 0 Å². The van der Waals surface area contributed by atoms with E-state index >= 15 is 0 Å². The number of phenols is 1. The van der Waals surface area contributed by atoms with Crippen LogP contribution in [0.25, 0.3) is 0 Å². The van der Waals surface area contributed by atoms with Crippen molar-refractivity contribution in [3.63, 3.8) is 0 Å². The SMILES string of the molecule is Cc1ccc(CCCO)c(O)c1CN(C)C. The minimum absolute atomic E-state index is 0.163. The van der Waals surface area contributed by atoms with E-state index in [1.807, 2.05) is 38.1 Å². The fourth-order valence-corrected chi connectivity index (χ4v) is 1.77. The molecule has 0 aliphatic heterocycles. The highest BCUT2D eigenvalue weighted by Gasteiger charge is 2.10. The maximum Gasteiger partial charge on any atom is 0.123 e. The molecule has 0 amide bonds. The summed E-state index contributed by atoms with van der Waals surface area (Å²) < 4.78 is 0. The standard InChI is InChI=1S/C13H21NO2/c1-10-6-7-11(5-4-8-15)13(16)12(10)9-14(2)3/h6-7,15-16H,4-5,8-9H2,1-3H3. The summed E-state index contributed by atoms with van der Waals surface area (Å²) in [4.78, 5) is 2.04. The van der Waals surface area contributed by atoms with Crippen molar-refractivity contribution in [3.8, 4) is 5.75 Å². The molecule has 16 heavy (non-hydrogen) atoms. The van der Waals surface area contributed by atoms with E-state index in [4.69, 9.17) is 5.11 Å². The number of aromatic hydroxyl groups is 1. The molecule has 0 radical (unpaired) electrons. The predicted molar refractivity (Wildman–Crippen MR) is 65.6 cm³/mol. The van der Waals surface area contributed by atoms with Gasteiger partial charge in [0.15, 0.2) is 0 Å². The summed E-state index contributed by atoms with van der Waals surface area (Å²) in [6, 6.07) is 3.98. The van der Waals surface area contributed by atoms with Gasteiger partial charge in [-0.3, -0.25) is 0 Å². The molecule has 1 aromatic carbocycles. The van der Waals surface area contributed by atoms with Crippen LogP contribution in [-0.2, 0) is 13.0 Å². The Morgan fingerprint density at radius 1 is 1.25 bits per heavy atom. The van der Waals surface area contributed by atoms with Crippen LogP contribution in [0, 0.1) is 6.92 Å². The molecule has 0 spiro atoms. The summed E-state index contributed by atoms with van der Waals surface area (Å²) in [5, 5.41) is 18.9. The van der Waals surface area contributed by atoms with Gasteiger partial charge < -0.3 is 15.1 Å². The third kappa shape index (κ3) is 3.22. The topological polar surface area (TPSA) is 43.7 Å². The third-order valence-corrected chi connectivity index (χ3v) is 2.68. The second-order valence-electron chi connectivity index (χ2n) is 4.43. The number of aliphatic hydroxyl groups excluding tert-OH is 1.